The van der Waals surface area contributed by atoms with Crippen molar-refractivity contribution in [2.45, 2.75) is 296 Å². The van der Waals surface area contributed by atoms with Gasteiger partial charge in [-0.2, -0.15) is 0 Å². The molecule has 4 nitrogen and oxygen atoms in total. The summed E-state index contributed by atoms with van der Waals surface area (Å²) in [6.45, 7) is 4.08. The number of hydrogen-bond donors (Lipinski definition) is 3. The van der Waals surface area contributed by atoms with Crippen molar-refractivity contribution >= 4 is 5.91 Å². The zero-order valence-electron chi connectivity index (χ0n) is 39.3. The Hall–Kier alpha value is -1.39. The van der Waals surface area contributed by atoms with Gasteiger partial charge in [-0.3, -0.25) is 4.79 Å². The van der Waals surface area contributed by atoms with E-state index in [9.17, 15) is 15.0 Å². The number of allylic oxidation sites excluding steroid dienone is 5. The quantitative estimate of drug-likeness (QED) is 0.0423. The molecule has 0 saturated heterocycles. The molecule has 0 aromatic heterocycles. The monoisotopic (exact) mass is 814 g/mol. The van der Waals surface area contributed by atoms with Gasteiger partial charge in [-0.05, 0) is 39.0 Å². The number of rotatable bonds is 48. The summed E-state index contributed by atoms with van der Waals surface area (Å²) in [4.78, 5) is 12.4. The van der Waals surface area contributed by atoms with Crippen molar-refractivity contribution in [2.75, 3.05) is 6.61 Å². The second kappa shape index (κ2) is 50.0. The van der Waals surface area contributed by atoms with E-state index in [1.807, 2.05) is 13.0 Å². The lowest BCUT2D eigenvalue weighted by Gasteiger charge is -2.19. The molecular formula is C54H103NO3. The third-order valence-corrected chi connectivity index (χ3v) is 12.2. The second-order valence-electron chi connectivity index (χ2n) is 17.9. The van der Waals surface area contributed by atoms with E-state index in [0.29, 0.717) is 6.42 Å². The molecule has 0 spiro atoms. The zero-order valence-corrected chi connectivity index (χ0v) is 39.3. The first-order valence-electron chi connectivity index (χ1n) is 26.2. The predicted molar refractivity (Wildman–Crippen MR) is 258 cm³/mol. The Morgan fingerprint density at radius 2 is 0.707 bits per heavy atom. The van der Waals surface area contributed by atoms with Gasteiger partial charge in [0.25, 0.3) is 0 Å². The number of nitrogens with one attached hydrogen (secondary N) is 1. The SMILES string of the molecule is C/C=C/CC/C=C/CC/C=C/C(O)C(CO)NC(=O)CCCCCCCCCCCCCCCCCCCCCCCCCCCCCCCCCCCCCCC. The average molecular weight is 814 g/mol. The second-order valence-corrected chi connectivity index (χ2v) is 17.9. The number of carbonyl (C=O) groups is 1. The number of aliphatic hydroxyl groups is 2. The van der Waals surface area contributed by atoms with Crippen molar-refractivity contribution in [3.63, 3.8) is 0 Å². The van der Waals surface area contributed by atoms with Crippen LogP contribution in [0.3, 0.4) is 0 Å². The highest BCUT2D eigenvalue weighted by Crippen LogP contribution is 2.18. The lowest BCUT2D eigenvalue weighted by atomic mass is 10.0. The minimum Gasteiger partial charge on any atom is -0.394 e. The molecule has 2 unspecified atom stereocenters. The zero-order chi connectivity index (χ0) is 42.1. The Bertz CT molecular complexity index is 882. The highest BCUT2D eigenvalue weighted by molar-refractivity contribution is 5.76. The van der Waals surface area contributed by atoms with E-state index < -0.39 is 12.1 Å². The molecule has 0 aliphatic carbocycles. The summed E-state index contributed by atoms with van der Waals surface area (Å²) < 4.78 is 0. The fourth-order valence-electron chi connectivity index (χ4n) is 8.22. The molecule has 0 radical (unpaired) electrons. The van der Waals surface area contributed by atoms with Gasteiger partial charge in [0, 0.05) is 6.42 Å². The fourth-order valence-corrected chi connectivity index (χ4v) is 8.22. The van der Waals surface area contributed by atoms with Crippen molar-refractivity contribution in [2.24, 2.45) is 0 Å². The Morgan fingerprint density at radius 1 is 0.431 bits per heavy atom. The van der Waals surface area contributed by atoms with E-state index in [1.165, 1.54) is 225 Å². The van der Waals surface area contributed by atoms with Crippen LogP contribution in [0.4, 0.5) is 0 Å². The highest BCUT2D eigenvalue weighted by atomic mass is 16.3. The van der Waals surface area contributed by atoms with Crippen LogP contribution in [-0.2, 0) is 4.79 Å². The molecule has 0 fully saturated rings. The van der Waals surface area contributed by atoms with Crippen molar-refractivity contribution in [1.82, 2.24) is 5.32 Å². The van der Waals surface area contributed by atoms with Crippen LogP contribution in [0.1, 0.15) is 284 Å². The summed E-state index contributed by atoms with van der Waals surface area (Å²) in [5.74, 6) is -0.0770. The molecular weight excluding hydrogens is 711 g/mol. The molecule has 2 atom stereocenters. The molecule has 0 saturated carbocycles. The van der Waals surface area contributed by atoms with Gasteiger partial charge in [0.2, 0.25) is 5.91 Å². The van der Waals surface area contributed by atoms with Crippen LogP contribution in [0.15, 0.2) is 36.5 Å². The van der Waals surface area contributed by atoms with E-state index in [1.54, 1.807) is 6.08 Å². The van der Waals surface area contributed by atoms with Gasteiger partial charge in [0.05, 0.1) is 18.8 Å². The number of hydrogen-bond acceptors (Lipinski definition) is 3. The van der Waals surface area contributed by atoms with Gasteiger partial charge in [0.1, 0.15) is 0 Å². The smallest absolute Gasteiger partial charge is 0.220 e. The first-order valence-corrected chi connectivity index (χ1v) is 26.2. The van der Waals surface area contributed by atoms with Crippen LogP contribution < -0.4 is 5.32 Å². The predicted octanol–water partition coefficient (Wildman–Crippen LogP) is 16.9. The van der Waals surface area contributed by atoms with E-state index >= 15 is 0 Å². The normalized spacial score (nSPS) is 13.1. The molecule has 0 heterocycles. The lowest BCUT2D eigenvalue weighted by molar-refractivity contribution is -0.123. The largest absolute Gasteiger partial charge is 0.394 e. The summed E-state index contributed by atoms with van der Waals surface area (Å²) in [6.07, 6.45) is 67.8. The van der Waals surface area contributed by atoms with E-state index in [2.05, 4.69) is 36.5 Å². The van der Waals surface area contributed by atoms with Crippen LogP contribution in [0.5, 0.6) is 0 Å². The molecule has 0 rings (SSSR count). The van der Waals surface area contributed by atoms with Gasteiger partial charge >= 0.3 is 0 Å². The summed E-state index contributed by atoms with van der Waals surface area (Å²) >= 11 is 0. The summed E-state index contributed by atoms with van der Waals surface area (Å²) in [6, 6.07) is -0.641. The molecule has 4 heteroatoms. The molecule has 0 aromatic carbocycles. The maximum absolute atomic E-state index is 12.4. The standard InChI is InChI=1S/C54H103NO3/c1-3-5-7-9-11-13-14-15-16-17-18-19-20-21-22-23-24-25-26-27-28-29-30-31-32-33-34-35-36-37-38-39-40-42-44-46-48-50-54(58)55-52(51-56)53(57)49-47-45-43-41-12-10-8-6-4-2/h4,6,12,41,47,49,52-53,56-57H,3,5,7-11,13-40,42-46,48,50-51H2,1-2H3,(H,55,58)/b6-4+,41-12+,49-47+. The van der Waals surface area contributed by atoms with Gasteiger partial charge in [-0.15, -0.1) is 0 Å². The highest BCUT2D eigenvalue weighted by Gasteiger charge is 2.17. The van der Waals surface area contributed by atoms with Crippen molar-refractivity contribution in [3.8, 4) is 0 Å². The van der Waals surface area contributed by atoms with E-state index in [0.717, 1.165) is 38.5 Å². The molecule has 1 amide bonds. The molecule has 0 aliphatic rings. The van der Waals surface area contributed by atoms with Crippen LogP contribution >= 0.6 is 0 Å². The minimum atomic E-state index is -0.865. The number of amides is 1. The Morgan fingerprint density at radius 3 is 1.00 bits per heavy atom. The number of carbonyl (C=O) groups excluding carboxylic acids is 1. The van der Waals surface area contributed by atoms with Crippen LogP contribution in [0.2, 0.25) is 0 Å². The third-order valence-electron chi connectivity index (χ3n) is 12.2. The first kappa shape index (κ1) is 56.6. The van der Waals surface area contributed by atoms with Crippen molar-refractivity contribution < 1.29 is 15.0 Å². The van der Waals surface area contributed by atoms with Gasteiger partial charge in [0.15, 0.2) is 0 Å². The van der Waals surface area contributed by atoms with Gasteiger partial charge < -0.3 is 15.5 Å². The Labute approximate surface area is 363 Å². The average Bonchev–Trinajstić information content (AvgIpc) is 3.23. The lowest BCUT2D eigenvalue weighted by Crippen LogP contribution is -2.45. The summed E-state index contributed by atoms with van der Waals surface area (Å²) in [7, 11) is 0. The topological polar surface area (TPSA) is 69.6 Å². The molecule has 342 valence electrons. The van der Waals surface area contributed by atoms with Crippen LogP contribution in [0, 0.1) is 0 Å². The first-order chi connectivity index (χ1) is 28.7. The third kappa shape index (κ3) is 45.7. The van der Waals surface area contributed by atoms with Gasteiger partial charge in [-0.1, -0.05) is 275 Å². The van der Waals surface area contributed by atoms with Crippen molar-refractivity contribution in [1.29, 1.82) is 0 Å². The molecule has 0 aromatic rings. The van der Waals surface area contributed by atoms with E-state index in [-0.39, 0.29) is 12.5 Å². The molecule has 3 N–H and O–H groups in total. The maximum Gasteiger partial charge on any atom is 0.220 e. The number of aliphatic hydroxyl groups excluding tert-OH is 2. The van der Waals surface area contributed by atoms with Crippen LogP contribution in [-0.4, -0.2) is 34.9 Å². The summed E-state index contributed by atoms with van der Waals surface area (Å²) in [5.41, 5.74) is 0. The minimum absolute atomic E-state index is 0.0770. The number of unbranched alkanes of at least 4 members (excludes halogenated alkanes) is 38. The van der Waals surface area contributed by atoms with Crippen molar-refractivity contribution in [3.05, 3.63) is 36.5 Å². The summed E-state index contributed by atoms with van der Waals surface area (Å²) in [5, 5.41) is 22.9. The Balaban J connectivity index is 3.33. The fraction of sp³-hybridized carbons (Fsp3) is 0.870. The van der Waals surface area contributed by atoms with Gasteiger partial charge in [-0.25, -0.2) is 0 Å². The molecule has 0 aliphatic heterocycles. The van der Waals surface area contributed by atoms with Crippen LogP contribution in [0.25, 0.3) is 0 Å². The van der Waals surface area contributed by atoms with E-state index in [4.69, 9.17) is 0 Å². The Kier molecular flexibility index (Phi) is 48.8. The molecule has 58 heavy (non-hydrogen) atoms. The maximum atomic E-state index is 12.4. The molecule has 0 bridgehead atoms.